The van der Waals surface area contributed by atoms with Crippen molar-refractivity contribution >= 4 is 17.4 Å². The molecule has 2 atom stereocenters. The van der Waals surface area contributed by atoms with Gasteiger partial charge < -0.3 is 15.0 Å². The van der Waals surface area contributed by atoms with E-state index in [0.29, 0.717) is 17.9 Å². The van der Waals surface area contributed by atoms with Crippen LogP contribution in [0.2, 0.25) is 0 Å². The molecule has 1 saturated heterocycles. The first-order chi connectivity index (χ1) is 13.7. The van der Waals surface area contributed by atoms with E-state index in [0.717, 1.165) is 18.8 Å². The molecule has 148 valence electrons. The van der Waals surface area contributed by atoms with Crippen molar-refractivity contribution in [2.24, 2.45) is 0 Å². The van der Waals surface area contributed by atoms with Crippen molar-refractivity contribution in [1.29, 1.82) is 0 Å². The van der Waals surface area contributed by atoms with Crippen LogP contribution in [0.1, 0.15) is 49.7 Å². The molecule has 3 nitrogen and oxygen atoms in total. The Morgan fingerprint density at radius 1 is 1.21 bits per heavy atom. The highest BCUT2D eigenvalue weighted by Gasteiger charge is 2.42. The van der Waals surface area contributed by atoms with Gasteiger partial charge in [0.05, 0.1) is 12.8 Å². The van der Waals surface area contributed by atoms with Crippen LogP contribution in [0.25, 0.3) is 11.1 Å². The Balaban J connectivity index is 1.65. The van der Waals surface area contributed by atoms with E-state index < -0.39 is 0 Å². The summed E-state index contributed by atoms with van der Waals surface area (Å²) in [6.07, 6.45) is 2.53. The van der Waals surface area contributed by atoms with E-state index in [4.69, 9.17) is 4.74 Å². The Bertz CT molecular complexity index is 894. The Morgan fingerprint density at radius 3 is 2.93 bits per heavy atom. The minimum atomic E-state index is 0.505. The number of nitrogens with zero attached hydrogens (tertiary/aromatic N) is 1. The lowest BCUT2D eigenvalue weighted by molar-refractivity contribution is 0.403. The quantitative estimate of drug-likeness (QED) is 0.769. The predicted molar refractivity (Wildman–Crippen MR) is 119 cm³/mol. The molecule has 3 aliphatic heterocycles. The first-order valence-corrected chi connectivity index (χ1v) is 11.6. The molecule has 4 heteroatoms. The van der Waals surface area contributed by atoms with Crippen molar-refractivity contribution < 1.29 is 4.74 Å². The van der Waals surface area contributed by atoms with Crippen LogP contribution >= 0.6 is 11.8 Å². The van der Waals surface area contributed by atoms with Gasteiger partial charge in [-0.05, 0) is 65.9 Å². The van der Waals surface area contributed by atoms with Gasteiger partial charge in [0.15, 0.2) is 0 Å². The maximum Gasteiger partial charge on any atom is 0.126 e. The van der Waals surface area contributed by atoms with Gasteiger partial charge in [0, 0.05) is 35.5 Å². The summed E-state index contributed by atoms with van der Waals surface area (Å²) >= 11 is 2.04. The van der Waals surface area contributed by atoms with Crippen LogP contribution in [0.5, 0.6) is 5.75 Å². The lowest BCUT2D eigenvalue weighted by Crippen LogP contribution is -2.44. The van der Waals surface area contributed by atoms with Crippen molar-refractivity contribution in [2.75, 3.05) is 37.4 Å². The Kier molecular flexibility index (Phi) is 4.80. The highest BCUT2D eigenvalue weighted by atomic mass is 32.2. The third kappa shape index (κ3) is 2.93. The average Bonchev–Trinajstić information content (AvgIpc) is 2.88. The van der Waals surface area contributed by atoms with E-state index in [1.165, 1.54) is 52.4 Å². The lowest BCUT2D eigenvalue weighted by Gasteiger charge is -2.33. The summed E-state index contributed by atoms with van der Waals surface area (Å²) in [5.74, 6) is 3.32. The predicted octanol–water partition coefficient (Wildman–Crippen LogP) is 5.25. The molecule has 0 radical (unpaired) electrons. The molecule has 0 aromatic heterocycles. The summed E-state index contributed by atoms with van der Waals surface area (Å²) in [5.41, 5.74) is 6.94. The number of thioether (sulfide) groups is 1. The fourth-order valence-corrected chi connectivity index (χ4v) is 6.26. The second kappa shape index (κ2) is 7.31. The van der Waals surface area contributed by atoms with Crippen LogP contribution in [-0.2, 0) is 0 Å². The van der Waals surface area contributed by atoms with E-state index in [-0.39, 0.29) is 0 Å². The van der Waals surface area contributed by atoms with Crippen molar-refractivity contribution in [3.8, 4) is 16.9 Å². The summed E-state index contributed by atoms with van der Waals surface area (Å²) in [6.45, 7) is 7.92. The summed E-state index contributed by atoms with van der Waals surface area (Å²) < 4.78 is 5.82. The van der Waals surface area contributed by atoms with Gasteiger partial charge in [-0.3, -0.25) is 0 Å². The molecule has 0 spiro atoms. The molecule has 0 bridgehead atoms. The molecule has 28 heavy (non-hydrogen) atoms. The molecule has 5 rings (SSSR count). The van der Waals surface area contributed by atoms with Gasteiger partial charge in [-0.15, -0.1) is 11.8 Å². The fourth-order valence-electron chi connectivity index (χ4n) is 5.19. The molecule has 2 aromatic carbocycles. The maximum absolute atomic E-state index is 5.82. The standard InChI is InChI=1S/C24H30N2OS/c1-15(2)16-5-6-18(22(12-16)27-3)17-11-19-20-14-25-8-7-21(20)26-9-4-10-28-23(13-17)24(19)26/h5-6,11-13,15,20-21,25H,4,7-10,14H2,1-3H3. The van der Waals surface area contributed by atoms with Gasteiger partial charge in [0.25, 0.3) is 0 Å². The van der Waals surface area contributed by atoms with Crippen LogP contribution in [0, 0.1) is 0 Å². The van der Waals surface area contributed by atoms with E-state index in [1.54, 1.807) is 12.7 Å². The number of rotatable bonds is 3. The summed E-state index contributed by atoms with van der Waals surface area (Å²) in [7, 11) is 1.79. The van der Waals surface area contributed by atoms with Gasteiger partial charge in [-0.1, -0.05) is 26.0 Å². The van der Waals surface area contributed by atoms with Crippen molar-refractivity contribution in [1.82, 2.24) is 5.32 Å². The van der Waals surface area contributed by atoms with Crippen LogP contribution in [0.3, 0.4) is 0 Å². The Hall–Kier alpha value is -1.65. The monoisotopic (exact) mass is 394 g/mol. The second-order valence-electron chi connectivity index (χ2n) is 8.59. The Labute approximate surface area is 172 Å². The molecule has 1 fully saturated rings. The van der Waals surface area contributed by atoms with Gasteiger partial charge in [-0.2, -0.15) is 0 Å². The number of anilines is 1. The molecule has 0 saturated carbocycles. The Morgan fingerprint density at radius 2 is 2.11 bits per heavy atom. The molecule has 2 aromatic rings. The molecule has 3 aliphatic rings. The normalized spacial score (nSPS) is 23.4. The summed E-state index contributed by atoms with van der Waals surface area (Å²) in [5, 5.41) is 3.64. The highest BCUT2D eigenvalue weighted by molar-refractivity contribution is 7.99. The zero-order valence-corrected chi connectivity index (χ0v) is 17.9. The number of piperidine rings is 1. The molecule has 0 amide bonds. The number of benzene rings is 2. The third-order valence-corrected chi connectivity index (χ3v) is 7.76. The lowest BCUT2D eigenvalue weighted by atomic mass is 9.88. The van der Waals surface area contributed by atoms with Gasteiger partial charge in [0.2, 0.25) is 0 Å². The van der Waals surface area contributed by atoms with Gasteiger partial charge in [0.1, 0.15) is 5.75 Å². The third-order valence-electron chi connectivity index (χ3n) is 6.64. The zero-order chi connectivity index (χ0) is 19.3. The van der Waals surface area contributed by atoms with Crippen molar-refractivity contribution in [2.45, 2.75) is 49.5 Å². The topological polar surface area (TPSA) is 24.5 Å². The van der Waals surface area contributed by atoms with E-state index >= 15 is 0 Å². The molecule has 1 N–H and O–H groups in total. The first kappa shape index (κ1) is 18.4. The van der Waals surface area contributed by atoms with E-state index in [9.17, 15) is 0 Å². The van der Waals surface area contributed by atoms with E-state index in [2.05, 4.69) is 54.4 Å². The first-order valence-electron chi connectivity index (χ1n) is 10.6. The van der Waals surface area contributed by atoms with E-state index in [1.807, 2.05) is 11.8 Å². The van der Waals surface area contributed by atoms with Crippen molar-refractivity contribution in [3.05, 3.63) is 41.5 Å². The number of methoxy groups -OCH3 is 1. The minimum absolute atomic E-state index is 0.505. The zero-order valence-electron chi connectivity index (χ0n) is 17.1. The summed E-state index contributed by atoms with van der Waals surface area (Å²) in [4.78, 5) is 4.20. The SMILES string of the molecule is COc1cc(C(C)C)ccc1-c1cc2c3c(c1)C1CNCCC1N3CCCS2. The number of ether oxygens (including phenoxy) is 1. The molecular weight excluding hydrogens is 364 g/mol. The number of hydrogen-bond acceptors (Lipinski definition) is 4. The molecule has 3 heterocycles. The molecule has 0 aliphatic carbocycles. The number of fused-ring (bicyclic) bond motifs is 3. The summed E-state index contributed by atoms with van der Waals surface area (Å²) in [6, 6.07) is 12.3. The average molecular weight is 395 g/mol. The highest BCUT2D eigenvalue weighted by Crippen LogP contribution is 2.51. The fraction of sp³-hybridized carbons (Fsp3) is 0.500. The maximum atomic E-state index is 5.82. The molecule has 2 unspecified atom stereocenters. The minimum Gasteiger partial charge on any atom is -0.496 e. The van der Waals surface area contributed by atoms with Gasteiger partial charge in [-0.25, -0.2) is 0 Å². The van der Waals surface area contributed by atoms with Crippen molar-refractivity contribution in [3.63, 3.8) is 0 Å². The molecular formula is C24H30N2OS. The van der Waals surface area contributed by atoms with Crippen LogP contribution < -0.4 is 15.0 Å². The number of nitrogens with one attached hydrogen (secondary N) is 1. The van der Waals surface area contributed by atoms with Gasteiger partial charge >= 0.3 is 0 Å². The largest absolute Gasteiger partial charge is 0.496 e. The van der Waals surface area contributed by atoms with Crippen LogP contribution in [-0.4, -0.2) is 38.5 Å². The number of hydrogen-bond donors (Lipinski definition) is 1. The van der Waals surface area contributed by atoms with Crippen LogP contribution in [0.4, 0.5) is 5.69 Å². The smallest absolute Gasteiger partial charge is 0.126 e. The second-order valence-corrected chi connectivity index (χ2v) is 9.73. The van der Waals surface area contributed by atoms with Crippen LogP contribution in [0.15, 0.2) is 35.2 Å².